The molecule has 28 heavy (non-hydrogen) atoms. The molecule has 1 aromatic heterocycles. The number of morpholine rings is 1. The molecule has 1 fully saturated rings. The topological polar surface area (TPSA) is 63.2 Å². The number of ether oxygens (including phenoxy) is 2. The minimum absolute atomic E-state index is 0.0737. The molecular weight excluding hydrogens is 374 g/mol. The molecule has 2 heterocycles. The zero-order chi connectivity index (χ0) is 20.0. The summed E-state index contributed by atoms with van der Waals surface area (Å²) in [5.74, 6) is 0.377. The van der Waals surface area contributed by atoms with E-state index >= 15 is 0 Å². The average molecular weight is 402 g/mol. The minimum Gasteiger partial charge on any atom is -0.484 e. The number of amides is 1. The lowest BCUT2D eigenvalue weighted by atomic mass is 9.87. The zero-order valence-electron chi connectivity index (χ0n) is 16.6. The van der Waals surface area contributed by atoms with Crippen molar-refractivity contribution in [1.82, 2.24) is 5.43 Å². The highest BCUT2D eigenvalue weighted by Crippen LogP contribution is 2.26. The molecule has 1 aromatic carbocycles. The van der Waals surface area contributed by atoms with Crippen LogP contribution in [0.15, 0.2) is 41.5 Å². The fourth-order valence-electron chi connectivity index (χ4n) is 2.77. The van der Waals surface area contributed by atoms with E-state index in [1.807, 2.05) is 30.3 Å². The molecular formula is C21H27N3O3S. The van der Waals surface area contributed by atoms with Crippen LogP contribution in [0.1, 0.15) is 31.2 Å². The van der Waals surface area contributed by atoms with Gasteiger partial charge in [-0.1, -0.05) is 32.9 Å². The van der Waals surface area contributed by atoms with E-state index in [1.54, 1.807) is 17.6 Å². The van der Waals surface area contributed by atoms with Crippen molar-refractivity contribution in [2.45, 2.75) is 26.2 Å². The molecule has 0 atom stereocenters. The molecule has 2 aromatic rings. The summed E-state index contributed by atoms with van der Waals surface area (Å²) in [6, 6.07) is 11.9. The normalized spacial score (nSPS) is 15.0. The van der Waals surface area contributed by atoms with Crippen LogP contribution in [-0.2, 0) is 14.9 Å². The number of nitrogens with zero attached hydrogens (tertiary/aromatic N) is 2. The summed E-state index contributed by atoms with van der Waals surface area (Å²) in [4.78, 5) is 15.2. The highest BCUT2D eigenvalue weighted by Gasteiger charge is 2.14. The molecule has 7 heteroatoms. The monoisotopic (exact) mass is 401 g/mol. The third-order valence-electron chi connectivity index (χ3n) is 4.41. The lowest BCUT2D eigenvalue weighted by molar-refractivity contribution is -0.123. The van der Waals surface area contributed by atoms with Gasteiger partial charge in [-0.05, 0) is 35.2 Å². The Bertz CT molecular complexity index is 803. The SMILES string of the molecule is CC(C)(C)c1ccc(OCC(=O)N/N=C\c2ccc(N3CCOCC3)s2)cc1. The quantitative estimate of drug-likeness (QED) is 0.595. The van der Waals surface area contributed by atoms with Crippen LogP contribution >= 0.6 is 11.3 Å². The number of hydrogen-bond donors (Lipinski definition) is 1. The van der Waals surface area contributed by atoms with Crippen molar-refractivity contribution in [3.63, 3.8) is 0 Å². The first-order chi connectivity index (χ1) is 13.4. The van der Waals surface area contributed by atoms with Crippen LogP contribution in [0, 0.1) is 0 Å². The summed E-state index contributed by atoms with van der Waals surface area (Å²) >= 11 is 1.64. The molecule has 0 bridgehead atoms. The van der Waals surface area contributed by atoms with Gasteiger partial charge in [-0.3, -0.25) is 4.79 Å². The minimum atomic E-state index is -0.291. The third kappa shape index (κ3) is 5.81. The number of hydrogen-bond acceptors (Lipinski definition) is 6. The molecule has 0 aliphatic carbocycles. The number of thiophene rings is 1. The third-order valence-corrected chi connectivity index (χ3v) is 5.49. The van der Waals surface area contributed by atoms with Gasteiger partial charge in [0.25, 0.3) is 5.91 Å². The Kier molecular flexibility index (Phi) is 6.70. The Morgan fingerprint density at radius 3 is 2.61 bits per heavy atom. The maximum atomic E-state index is 11.9. The largest absolute Gasteiger partial charge is 0.484 e. The fourth-order valence-corrected chi connectivity index (χ4v) is 3.70. The van der Waals surface area contributed by atoms with E-state index in [0.717, 1.165) is 31.2 Å². The number of anilines is 1. The van der Waals surface area contributed by atoms with E-state index in [0.29, 0.717) is 5.75 Å². The highest BCUT2D eigenvalue weighted by atomic mass is 32.1. The predicted octanol–water partition coefficient (Wildman–Crippen LogP) is 3.41. The van der Waals surface area contributed by atoms with Crippen molar-refractivity contribution < 1.29 is 14.3 Å². The predicted molar refractivity (Wildman–Crippen MR) is 114 cm³/mol. The molecule has 1 aliphatic heterocycles. The first-order valence-corrected chi connectivity index (χ1v) is 10.2. The number of carbonyl (C=O) groups is 1. The van der Waals surface area contributed by atoms with Gasteiger partial charge in [-0.25, -0.2) is 5.43 Å². The molecule has 0 spiro atoms. The Balaban J connectivity index is 1.43. The van der Waals surface area contributed by atoms with Crippen molar-refractivity contribution in [2.75, 3.05) is 37.8 Å². The molecule has 0 radical (unpaired) electrons. The molecule has 1 aliphatic rings. The number of benzene rings is 1. The van der Waals surface area contributed by atoms with Gasteiger partial charge in [-0.2, -0.15) is 5.10 Å². The van der Waals surface area contributed by atoms with Crippen molar-refractivity contribution in [2.24, 2.45) is 5.10 Å². The number of nitrogens with one attached hydrogen (secondary N) is 1. The van der Waals surface area contributed by atoms with Crippen molar-refractivity contribution in [3.8, 4) is 5.75 Å². The van der Waals surface area contributed by atoms with Gasteiger partial charge in [0.2, 0.25) is 0 Å². The molecule has 150 valence electrons. The molecule has 0 saturated carbocycles. The molecule has 0 unspecified atom stereocenters. The lowest BCUT2D eigenvalue weighted by Gasteiger charge is -2.27. The van der Waals surface area contributed by atoms with Crippen LogP contribution in [0.5, 0.6) is 5.75 Å². The second kappa shape index (κ2) is 9.21. The van der Waals surface area contributed by atoms with Crippen LogP contribution in [-0.4, -0.2) is 45.0 Å². The first-order valence-electron chi connectivity index (χ1n) is 9.39. The van der Waals surface area contributed by atoms with Gasteiger partial charge in [0, 0.05) is 18.0 Å². The van der Waals surface area contributed by atoms with Crippen LogP contribution < -0.4 is 15.1 Å². The maximum absolute atomic E-state index is 11.9. The first kappa shape index (κ1) is 20.4. The summed E-state index contributed by atoms with van der Waals surface area (Å²) in [5, 5.41) is 5.21. The molecule has 6 nitrogen and oxygen atoms in total. The second-order valence-electron chi connectivity index (χ2n) is 7.63. The van der Waals surface area contributed by atoms with Gasteiger partial charge >= 0.3 is 0 Å². The van der Waals surface area contributed by atoms with Crippen molar-refractivity contribution in [3.05, 3.63) is 46.8 Å². The molecule has 3 rings (SSSR count). The Labute approximate surface area is 170 Å². The average Bonchev–Trinajstić information content (AvgIpc) is 3.16. The standard InChI is InChI=1S/C21H27N3O3S/c1-21(2,3)16-4-6-17(7-5-16)27-15-19(25)23-22-14-18-8-9-20(28-18)24-10-12-26-13-11-24/h4-9,14H,10-13,15H2,1-3H3,(H,23,25)/b22-14-. The second-order valence-corrected chi connectivity index (χ2v) is 8.73. The van der Waals surface area contributed by atoms with Crippen LogP contribution in [0.3, 0.4) is 0 Å². The van der Waals surface area contributed by atoms with E-state index < -0.39 is 0 Å². The molecule has 1 N–H and O–H groups in total. The van der Waals surface area contributed by atoms with Crippen molar-refractivity contribution >= 4 is 28.5 Å². The molecule has 1 amide bonds. The summed E-state index contributed by atoms with van der Waals surface area (Å²) in [5.41, 5.74) is 3.82. The lowest BCUT2D eigenvalue weighted by Crippen LogP contribution is -2.35. The summed E-state index contributed by atoms with van der Waals surface area (Å²) < 4.78 is 10.9. The van der Waals surface area contributed by atoms with Crippen LogP contribution in [0.4, 0.5) is 5.00 Å². The van der Waals surface area contributed by atoms with E-state index in [4.69, 9.17) is 9.47 Å². The van der Waals surface area contributed by atoms with Gasteiger partial charge in [0.1, 0.15) is 5.75 Å². The van der Waals surface area contributed by atoms with E-state index in [9.17, 15) is 4.79 Å². The van der Waals surface area contributed by atoms with Gasteiger partial charge in [-0.15, -0.1) is 11.3 Å². The molecule has 1 saturated heterocycles. The van der Waals surface area contributed by atoms with Gasteiger partial charge < -0.3 is 14.4 Å². The van der Waals surface area contributed by atoms with E-state index in [-0.39, 0.29) is 17.9 Å². The van der Waals surface area contributed by atoms with E-state index in [2.05, 4.69) is 42.3 Å². The zero-order valence-corrected chi connectivity index (χ0v) is 17.4. The Morgan fingerprint density at radius 1 is 1.21 bits per heavy atom. The van der Waals surface area contributed by atoms with Gasteiger partial charge in [0.05, 0.1) is 24.4 Å². The summed E-state index contributed by atoms with van der Waals surface area (Å²) in [7, 11) is 0. The van der Waals surface area contributed by atoms with Crippen LogP contribution in [0.25, 0.3) is 0 Å². The maximum Gasteiger partial charge on any atom is 0.277 e. The van der Waals surface area contributed by atoms with Crippen molar-refractivity contribution in [1.29, 1.82) is 0 Å². The Morgan fingerprint density at radius 2 is 1.93 bits per heavy atom. The summed E-state index contributed by atoms with van der Waals surface area (Å²) in [6.45, 7) is 9.73. The Hall–Kier alpha value is -2.38. The fraction of sp³-hybridized carbons (Fsp3) is 0.429. The van der Waals surface area contributed by atoms with E-state index in [1.165, 1.54) is 10.6 Å². The highest BCUT2D eigenvalue weighted by molar-refractivity contribution is 7.17. The summed E-state index contributed by atoms with van der Waals surface area (Å²) in [6.07, 6.45) is 1.66. The van der Waals surface area contributed by atoms with Gasteiger partial charge in [0.15, 0.2) is 6.61 Å². The van der Waals surface area contributed by atoms with Crippen LogP contribution in [0.2, 0.25) is 0 Å². The smallest absolute Gasteiger partial charge is 0.277 e. The number of hydrazone groups is 1. The number of rotatable bonds is 6. The number of carbonyl (C=O) groups excluding carboxylic acids is 1.